The number of rotatable bonds is 3. The van der Waals surface area contributed by atoms with Gasteiger partial charge in [0.15, 0.2) is 11.6 Å². The molecule has 0 spiro atoms. The van der Waals surface area contributed by atoms with Crippen molar-refractivity contribution in [3.8, 4) is 0 Å². The zero-order valence-corrected chi connectivity index (χ0v) is 13.5. The lowest BCUT2D eigenvalue weighted by atomic mass is 9.85. The van der Waals surface area contributed by atoms with Crippen LogP contribution in [0.1, 0.15) is 24.3 Å². The van der Waals surface area contributed by atoms with E-state index < -0.39 is 11.6 Å². The normalized spacial score (nSPS) is 27.3. The van der Waals surface area contributed by atoms with Gasteiger partial charge < -0.3 is 15.4 Å². The summed E-state index contributed by atoms with van der Waals surface area (Å²) in [5, 5.41) is 6.29. The average Bonchev–Trinajstić information content (AvgIpc) is 3.05. The second-order valence-corrected chi connectivity index (χ2v) is 5.95. The summed E-state index contributed by atoms with van der Waals surface area (Å²) in [6.45, 7) is 2.50. The summed E-state index contributed by atoms with van der Waals surface area (Å²) in [6.07, 6.45) is 1.51. The molecule has 0 radical (unpaired) electrons. The van der Waals surface area contributed by atoms with E-state index in [4.69, 9.17) is 4.74 Å². The highest BCUT2D eigenvalue weighted by Crippen LogP contribution is 2.27. The number of piperidine rings is 1. The number of carbonyl (C=O) groups excluding carboxylic acids is 1. The van der Waals surface area contributed by atoms with Crippen molar-refractivity contribution < 1.29 is 18.3 Å². The molecule has 2 N–H and O–H groups in total. The molecule has 3 atom stereocenters. The van der Waals surface area contributed by atoms with Crippen LogP contribution in [0.3, 0.4) is 0 Å². The topological polar surface area (TPSA) is 50.4 Å². The minimum Gasteiger partial charge on any atom is -0.381 e. The van der Waals surface area contributed by atoms with Crippen molar-refractivity contribution in [3.63, 3.8) is 0 Å². The fraction of sp³-hybridized carbons (Fsp3) is 0.562. The van der Waals surface area contributed by atoms with Gasteiger partial charge in [-0.25, -0.2) is 8.78 Å². The van der Waals surface area contributed by atoms with E-state index in [-0.39, 0.29) is 36.2 Å². The highest BCUT2D eigenvalue weighted by Gasteiger charge is 2.31. The summed E-state index contributed by atoms with van der Waals surface area (Å²) in [5.74, 6) is -1.82. The maximum Gasteiger partial charge on any atom is 0.225 e. The molecule has 7 heteroatoms. The van der Waals surface area contributed by atoms with Gasteiger partial charge in [-0.3, -0.25) is 4.79 Å². The molecule has 128 valence electrons. The molecule has 0 aromatic heterocycles. The van der Waals surface area contributed by atoms with E-state index in [2.05, 4.69) is 10.6 Å². The molecular formula is C16H21ClF2N2O2. The number of benzene rings is 1. The minimum absolute atomic E-state index is 0. The Hall–Kier alpha value is -1.24. The first-order chi connectivity index (χ1) is 10.6. The fourth-order valence-corrected chi connectivity index (χ4v) is 3.19. The van der Waals surface area contributed by atoms with Crippen molar-refractivity contribution in [1.29, 1.82) is 0 Å². The minimum atomic E-state index is -0.846. The predicted molar refractivity (Wildman–Crippen MR) is 84.7 cm³/mol. The van der Waals surface area contributed by atoms with E-state index in [1.165, 1.54) is 6.07 Å². The summed E-state index contributed by atoms with van der Waals surface area (Å²) in [7, 11) is 0. The van der Waals surface area contributed by atoms with Gasteiger partial charge in [0.25, 0.3) is 0 Å². The number of carbonyl (C=O) groups is 1. The predicted octanol–water partition coefficient (Wildman–Crippen LogP) is 1.98. The highest BCUT2D eigenvalue weighted by atomic mass is 35.5. The van der Waals surface area contributed by atoms with Crippen molar-refractivity contribution in [1.82, 2.24) is 10.6 Å². The van der Waals surface area contributed by atoms with Gasteiger partial charge in [0.2, 0.25) is 5.91 Å². The number of amides is 1. The van der Waals surface area contributed by atoms with Gasteiger partial charge in [-0.05, 0) is 37.1 Å². The van der Waals surface area contributed by atoms with Crippen LogP contribution in [0.25, 0.3) is 0 Å². The second kappa shape index (κ2) is 8.04. The van der Waals surface area contributed by atoms with Gasteiger partial charge in [-0.2, -0.15) is 0 Å². The first kappa shape index (κ1) is 18.1. The van der Waals surface area contributed by atoms with Crippen LogP contribution in [0, 0.1) is 17.6 Å². The molecule has 3 rings (SSSR count). The first-order valence-corrected chi connectivity index (χ1v) is 7.69. The number of halogens is 3. The second-order valence-electron chi connectivity index (χ2n) is 5.95. The largest absolute Gasteiger partial charge is 0.381 e. The SMILES string of the molecule is Cl.O=C(NC1CNCCC1c1ccc(F)c(F)c1)C1CCOC1. The average molecular weight is 347 g/mol. The first-order valence-electron chi connectivity index (χ1n) is 7.69. The highest BCUT2D eigenvalue weighted by molar-refractivity contribution is 5.85. The van der Waals surface area contributed by atoms with Crippen molar-refractivity contribution in [2.75, 3.05) is 26.3 Å². The molecule has 0 bridgehead atoms. The van der Waals surface area contributed by atoms with Crippen molar-refractivity contribution in [2.24, 2.45) is 5.92 Å². The van der Waals surface area contributed by atoms with E-state index in [0.29, 0.717) is 19.8 Å². The Morgan fingerprint density at radius 1 is 1.26 bits per heavy atom. The lowest BCUT2D eigenvalue weighted by molar-refractivity contribution is -0.125. The van der Waals surface area contributed by atoms with Crippen LogP contribution in [0.15, 0.2) is 18.2 Å². The summed E-state index contributed by atoms with van der Waals surface area (Å²) in [5.41, 5.74) is 0.730. The Bertz CT molecular complexity index is 553. The van der Waals surface area contributed by atoms with Crippen LogP contribution in [0.2, 0.25) is 0 Å². The van der Waals surface area contributed by atoms with Gasteiger partial charge in [-0.15, -0.1) is 12.4 Å². The van der Waals surface area contributed by atoms with Crippen LogP contribution >= 0.6 is 12.4 Å². The number of nitrogens with one attached hydrogen (secondary N) is 2. The molecule has 2 fully saturated rings. The molecule has 1 aromatic rings. The standard InChI is InChI=1S/C16H20F2N2O2.ClH/c17-13-2-1-10(7-14(13)18)12-3-5-19-8-15(12)20-16(21)11-4-6-22-9-11;/h1-2,7,11-12,15,19H,3-6,8-9H2,(H,20,21);1H. The number of hydrogen-bond acceptors (Lipinski definition) is 3. The number of hydrogen-bond donors (Lipinski definition) is 2. The monoisotopic (exact) mass is 346 g/mol. The summed E-state index contributed by atoms with van der Waals surface area (Å²) < 4.78 is 31.8. The molecule has 3 unspecified atom stereocenters. The van der Waals surface area contributed by atoms with Gasteiger partial charge in [-0.1, -0.05) is 6.07 Å². The van der Waals surface area contributed by atoms with Crippen LogP contribution < -0.4 is 10.6 Å². The Kier molecular flexibility index (Phi) is 6.33. The molecule has 2 heterocycles. The quantitative estimate of drug-likeness (QED) is 0.880. The molecule has 1 aromatic carbocycles. The van der Waals surface area contributed by atoms with E-state index in [0.717, 1.165) is 31.0 Å². The van der Waals surface area contributed by atoms with Crippen LogP contribution in [-0.2, 0) is 9.53 Å². The molecule has 1 amide bonds. The molecule has 2 aliphatic rings. The van der Waals surface area contributed by atoms with Crippen molar-refractivity contribution in [2.45, 2.75) is 24.8 Å². The lowest BCUT2D eigenvalue weighted by Gasteiger charge is -2.33. The van der Waals surface area contributed by atoms with Crippen LogP contribution in [0.5, 0.6) is 0 Å². The van der Waals surface area contributed by atoms with E-state index in [9.17, 15) is 13.6 Å². The maximum atomic E-state index is 13.5. The van der Waals surface area contributed by atoms with Crippen molar-refractivity contribution >= 4 is 18.3 Å². The third kappa shape index (κ3) is 4.19. The zero-order valence-electron chi connectivity index (χ0n) is 12.7. The Morgan fingerprint density at radius 3 is 2.78 bits per heavy atom. The van der Waals surface area contributed by atoms with Gasteiger partial charge in [0.1, 0.15) is 0 Å². The zero-order chi connectivity index (χ0) is 15.5. The van der Waals surface area contributed by atoms with E-state index in [1.807, 2.05) is 0 Å². The summed E-state index contributed by atoms with van der Waals surface area (Å²) >= 11 is 0. The van der Waals surface area contributed by atoms with Crippen LogP contribution in [-0.4, -0.2) is 38.3 Å². The van der Waals surface area contributed by atoms with E-state index in [1.54, 1.807) is 6.07 Å². The fourth-order valence-electron chi connectivity index (χ4n) is 3.19. The van der Waals surface area contributed by atoms with Gasteiger partial charge >= 0.3 is 0 Å². The summed E-state index contributed by atoms with van der Waals surface area (Å²) in [4.78, 5) is 12.3. The van der Waals surface area contributed by atoms with E-state index >= 15 is 0 Å². The Morgan fingerprint density at radius 2 is 2.09 bits per heavy atom. The third-order valence-electron chi connectivity index (χ3n) is 4.48. The smallest absolute Gasteiger partial charge is 0.225 e. The number of ether oxygens (including phenoxy) is 1. The Balaban J connectivity index is 0.00000192. The summed E-state index contributed by atoms with van der Waals surface area (Å²) in [6, 6.07) is 3.87. The molecule has 0 aliphatic carbocycles. The molecule has 2 saturated heterocycles. The van der Waals surface area contributed by atoms with Gasteiger partial charge in [0.05, 0.1) is 12.5 Å². The van der Waals surface area contributed by atoms with Crippen LogP contribution in [0.4, 0.5) is 8.78 Å². The van der Waals surface area contributed by atoms with Gasteiger partial charge in [0, 0.05) is 25.1 Å². The van der Waals surface area contributed by atoms with Crippen molar-refractivity contribution in [3.05, 3.63) is 35.4 Å². The molecule has 4 nitrogen and oxygen atoms in total. The molecule has 0 saturated carbocycles. The molecule has 23 heavy (non-hydrogen) atoms. The maximum absolute atomic E-state index is 13.5. The molecular weight excluding hydrogens is 326 g/mol. The third-order valence-corrected chi connectivity index (χ3v) is 4.48. The Labute approximate surface area is 140 Å². The lowest BCUT2D eigenvalue weighted by Crippen LogP contribution is -2.51. The molecule has 2 aliphatic heterocycles.